The topological polar surface area (TPSA) is 60.2 Å². The van der Waals surface area contributed by atoms with Gasteiger partial charge in [-0.05, 0) is 30.2 Å². The third-order valence-corrected chi connectivity index (χ3v) is 6.62. The van der Waals surface area contributed by atoms with Crippen LogP contribution >= 0.6 is 11.8 Å². The van der Waals surface area contributed by atoms with Crippen molar-refractivity contribution in [1.29, 1.82) is 0 Å². The van der Waals surface area contributed by atoms with Crippen LogP contribution in [-0.4, -0.2) is 19.2 Å². The Labute approximate surface area is 152 Å². The lowest BCUT2D eigenvalue weighted by molar-refractivity contribution is 0.469. The minimum absolute atomic E-state index is 0.0109. The van der Waals surface area contributed by atoms with E-state index in [0.29, 0.717) is 16.9 Å². The first kappa shape index (κ1) is 17.8. The van der Waals surface area contributed by atoms with Crippen molar-refractivity contribution in [1.82, 2.24) is 4.98 Å². The van der Waals surface area contributed by atoms with Crippen LogP contribution in [0.5, 0.6) is 0 Å². The molecular weight excluding hydrogens is 354 g/mol. The predicted octanol–water partition coefficient (Wildman–Crippen LogP) is 4.92. The number of benzene rings is 2. The van der Waals surface area contributed by atoms with E-state index in [1.165, 1.54) is 11.8 Å². The minimum atomic E-state index is -3.73. The molecule has 0 atom stereocenters. The summed E-state index contributed by atoms with van der Waals surface area (Å²) in [5.74, 6) is 1.48. The Balaban J connectivity index is 2.09. The lowest BCUT2D eigenvalue weighted by Gasteiger charge is -2.04. The van der Waals surface area contributed by atoms with Crippen molar-refractivity contribution < 1.29 is 12.8 Å². The van der Waals surface area contributed by atoms with E-state index in [-0.39, 0.29) is 9.92 Å². The zero-order valence-electron chi connectivity index (χ0n) is 14.0. The van der Waals surface area contributed by atoms with E-state index in [4.69, 9.17) is 4.42 Å². The van der Waals surface area contributed by atoms with Crippen LogP contribution in [0.15, 0.2) is 80.1 Å². The van der Waals surface area contributed by atoms with Crippen molar-refractivity contribution in [2.24, 2.45) is 5.92 Å². The van der Waals surface area contributed by atoms with Gasteiger partial charge in [0.15, 0.2) is 0 Å². The highest BCUT2D eigenvalue weighted by atomic mass is 32.2. The molecule has 0 spiro atoms. The molecule has 0 aliphatic rings. The van der Waals surface area contributed by atoms with Crippen LogP contribution in [0.25, 0.3) is 11.5 Å². The molecule has 6 heteroatoms. The summed E-state index contributed by atoms with van der Waals surface area (Å²) in [5, 5.41) is 0.333. The molecule has 4 nitrogen and oxygen atoms in total. The van der Waals surface area contributed by atoms with Gasteiger partial charge in [-0.1, -0.05) is 62.0 Å². The molecule has 0 bridgehead atoms. The van der Waals surface area contributed by atoms with E-state index < -0.39 is 9.84 Å². The predicted molar refractivity (Wildman–Crippen MR) is 99.4 cm³/mol. The first-order valence-corrected chi connectivity index (χ1v) is 10.4. The Bertz CT molecular complexity index is 933. The molecule has 3 aromatic rings. The summed E-state index contributed by atoms with van der Waals surface area (Å²) in [6.45, 7) is 4.15. The highest BCUT2D eigenvalue weighted by molar-refractivity contribution is 8.00. The molecule has 130 valence electrons. The van der Waals surface area contributed by atoms with E-state index in [9.17, 15) is 8.42 Å². The zero-order valence-corrected chi connectivity index (χ0v) is 15.7. The van der Waals surface area contributed by atoms with Crippen LogP contribution in [0.2, 0.25) is 0 Å². The monoisotopic (exact) mass is 373 g/mol. The smallest absolute Gasteiger partial charge is 0.228 e. The number of sulfone groups is 1. The maximum absolute atomic E-state index is 13.0. The molecule has 0 fully saturated rings. The Kier molecular flexibility index (Phi) is 5.30. The molecule has 0 N–H and O–H groups in total. The first-order chi connectivity index (χ1) is 12.0. The first-order valence-electron chi connectivity index (χ1n) is 7.97. The molecular formula is C19H19NO3S2. The third-order valence-electron chi connectivity index (χ3n) is 3.44. The molecule has 0 aliphatic heterocycles. The molecule has 2 aromatic carbocycles. The fourth-order valence-corrected chi connectivity index (χ4v) is 4.71. The Morgan fingerprint density at radius 2 is 1.60 bits per heavy atom. The van der Waals surface area contributed by atoms with Gasteiger partial charge in [0.05, 0.1) is 4.90 Å². The van der Waals surface area contributed by atoms with Gasteiger partial charge >= 0.3 is 0 Å². The molecule has 1 heterocycles. The van der Waals surface area contributed by atoms with Crippen molar-refractivity contribution >= 4 is 21.6 Å². The van der Waals surface area contributed by atoms with Crippen LogP contribution in [0.1, 0.15) is 13.8 Å². The van der Waals surface area contributed by atoms with Gasteiger partial charge in [-0.15, -0.1) is 0 Å². The van der Waals surface area contributed by atoms with Crippen molar-refractivity contribution in [3.63, 3.8) is 0 Å². The van der Waals surface area contributed by atoms with Crippen LogP contribution in [0.4, 0.5) is 0 Å². The maximum atomic E-state index is 13.0. The fraction of sp³-hybridized carbons (Fsp3) is 0.211. The maximum Gasteiger partial charge on any atom is 0.228 e. The van der Waals surface area contributed by atoms with Gasteiger partial charge < -0.3 is 4.42 Å². The largest absolute Gasteiger partial charge is 0.428 e. The van der Waals surface area contributed by atoms with Crippen LogP contribution in [0.3, 0.4) is 0 Å². The second kappa shape index (κ2) is 7.45. The minimum Gasteiger partial charge on any atom is -0.428 e. The summed E-state index contributed by atoms with van der Waals surface area (Å²) in [4.78, 5) is 4.55. The summed E-state index contributed by atoms with van der Waals surface area (Å²) in [6, 6.07) is 17.7. The number of hydrogen-bond donors (Lipinski definition) is 0. The molecule has 0 amide bonds. The third kappa shape index (κ3) is 3.96. The number of aromatic nitrogens is 1. The van der Waals surface area contributed by atoms with E-state index >= 15 is 0 Å². The van der Waals surface area contributed by atoms with Crippen LogP contribution < -0.4 is 0 Å². The molecule has 0 aliphatic carbocycles. The van der Waals surface area contributed by atoms with Gasteiger partial charge in [0.25, 0.3) is 0 Å². The molecule has 0 radical (unpaired) electrons. The molecule has 3 rings (SSSR count). The number of thioether (sulfide) groups is 1. The highest BCUT2D eigenvalue weighted by Gasteiger charge is 2.28. The number of nitrogens with zero attached hydrogens (tertiary/aromatic N) is 1. The lowest BCUT2D eigenvalue weighted by Crippen LogP contribution is -2.04. The van der Waals surface area contributed by atoms with Crippen LogP contribution in [-0.2, 0) is 9.84 Å². The zero-order chi connectivity index (χ0) is 17.9. The van der Waals surface area contributed by atoms with Gasteiger partial charge in [-0.25, -0.2) is 8.42 Å². The molecule has 1 aromatic heterocycles. The van der Waals surface area contributed by atoms with Gasteiger partial charge in [0, 0.05) is 11.3 Å². The number of rotatable bonds is 6. The van der Waals surface area contributed by atoms with Crippen molar-refractivity contribution in [3.8, 4) is 11.5 Å². The van der Waals surface area contributed by atoms with Gasteiger partial charge in [0.2, 0.25) is 25.8 Å². The van der Waals surface area contributed by atoms with Gasteiger partial charge in [-0.2, -0.15) is 4.98 Å². The van der Waals surface area contributed by atoms with E-state index in [2.05, 4.69) is 18.8 Å². The van der Waals surface area contributed by atoms with Crippen molar-refractivity contribution in [2.45, 2.75) is 28.9 Å². The van der Waals surface area contributed by atoms with Gasteiger partial charge in [0.1, 0.15) is 0 Å². The summed E-state index contributed by atoms with van der Waals surface area (Å²) in [6.07, 6.45) is 0. The quantitative estimate of drug-likeness (QED) is 0.574. The number of oxazole rings is 1. The highest BCUT2D eigenvalue weighted by Crippen LogP contribution is 2.35. The molecule has 0 saturated carbocycles. The lowest BCUT2D eigenvalue weighted by atomic mass is 10.2. The summed E-state index contributed by atoms with van der Waals surface area (Å²) < 4.78 is 31.8. The normalized spacial score (nSPS) is 11.8. The average molecular weight is 373 g/mol. The average Bonchev–Trinajstić information content (AvgIpc) is 3.07. The second-order valence-electron chi connectivity index (χ2n) is 6.00. The number of hydrogen-bond acceptors (Lipinski definition) is 5. The second-order valence-corrected chi connectivity index (χ2v) is 8.86. The SMILES string of the molecule is CC(C)CSc1oc(-c2ccccc2)nc1S(=O)(=O)c1ccccc1. The Morgan fingerprint density at radius 3 is 2.20 bits per heavy atom. The van der Waals surface area contributed by atoms with Crippen molar-refractivity contribution in [2.75, 3.05) is 5.75 Å². The van der Waals surface area contributed by atoms with E-state index in [1.807, 2.05) is 30.3 Å². The standard InChI is InChI=1S/C19H19NO3S2/c1-14(2)13-24-19-18(25(21,22)16-11-7-4-8-12-16)20-17(23-19)15-9-5-3-6-10-15/h3-12,14H,13H2,1-2H3. The van der Waals surface area contributed by atoms with E-state index in [0.717, 1.165) is 11.3 Å². The van der Waals surface area contributed by atoms with Gasteiger partial charge in [-0.3, -0.25) is 0 Å². The van der Waals surface area contributed by atoms with Crippen molar-refractivity contribution in [3.05, 3.63) is 60.7 Å². The summed E-state index contributed by atoms with van der Waals surface area (Å²) in [7, 11) is -3.73. The Hall–Kier alpha value is -2.05. The van der Waals surface area contributed by atoms with Crippen LogP contribution in [0, 0.1) is 5.92 Å². The molecule has 0 unspecified atom stereocenters. The fourth-order valence-electron chi connectivity index (χ4n) is 2.21. The van der Waals surface area contributed by atoms with E-state index in [1.54, 1.807) is 30.3 Å². The molecule has 25 heavy (non-hydrogen) atoms. The Morgan fingerprint density at radius 1 is 1.00 bits per heavy atom. The summed E-state index contributed by atoms with van der Waals surface area (Å²) >= 11 is 1.38. The molecule has 0 saturated heterocycles. The summed E-state index contributed by atoms with van der Waals surface area (Å²) in [5.41, 5.74) is 0.753.